The van der Waals surface area contributed by atoms with Crippen molar-refractivity contribution in [3.8, 4) is 0 Å². The quantitative estimate of drug-likeness (QED) is 0.320. The number of fused-ring (bicyclic) bond motifs is 1. The number of carbonyl (C=O) groups is 1. The molecule has 0 bridgehead atoms. The standard InChI is InChI=1S/C26H18Cl2N2O3S2/c1-15-22(25(32)33-14-16-6-3-2-4-7-16)23(20-8-5-11-34-20)30-24(31)21(35-26(30)29-15)13-17-9-10-18(27)19(28)12-17/h2-13,23H,14H2,1H3. The van der Waals surface area contributed by atoms with Crippen molar-refractivity contribution in [1.29, 1.82) is 0 Å². The van der Waals surface area contributed by atoms with Gasteiger partial charge in [-0.2, -0.15) is 0 Å². The lowest BCUT2D eigenvalue weighted by atomic mass is 10.0. The Morgan fingerprint density at radius 1 is 1.11 bits per heavy atom. The number of ether oxygens (including phenoxy) is 1. The smallest absolute Gasteiger partial charge is 0.338 e. The summed E-state index contributed by atoms with van der Waals surface area (Å²) in [5.41, 5.74) is 2.28. The Morgan fingerprint density at radius 2 is 1.91 bits per heavy atom. The van der Waals surface area contributed by atoms with Crippen LogP contribution in [0.5, 0.6) is 0 Å². The van der Waals surface area contributed by atoms with E-state index in [4.69, 9.17) is 27.9 Å². The zero-order valence-corrected chi connectivity index (χ0v) is 21.5. The first-order valence-electron chi connectivity index (χ1n) is 10.6. The van der Waals surface area contributed by atoms with Crippen LogP contribution in [0, 0.1) is 0 Å². The van der Waals surface area contributed by atoms with Crippen molar-refractivity contribution < 1.29 is 9.53 Å². The number of esters is 1. The van der Waals surface area contributed by atoms with Gasteiger partial charge in [0.15, 0.2) is 4.80 Å². The van der Waals surface area contributed by atoms with E-state index in [2.05, 4.69) is 4.99 Å². The molecule has 0 amide bonds. The number of halogens is 2. The second-order valence-corrected chi connectivity index (χ2v) is 10.6. The Bertz CT molecular complexity index is 1620. The van der Waals surface area contributed by atoms with Gasteiger partial charge in [-0.3, -0.25) is 9.36 Å². The summed E-state index contributed by atoms with van der Waals surface area (Å²) in [6, 6.07) is 17.8. The van der Waals surface area contributed by atoms with E-state index in [1.165, 1.54) is 22.7 Å². The van der Waals surface area contributed by atoms with Crippen molar-refractivity contribution in [2.24, 2.45) is 4.99 Å². The molecule has 0 radical (unpaired) electrons. The molecule has 1 atom stereocenters. The Kier molecular flexibility index (Phi) is 6.75. The summed E-state index contributed by atoms with van der Waals surface area (Å²) in [5.74, 6) is -0.493. The first-order valence-corrected chi connectivity index (χ1v) is 13.1. The van der Waals surface area contributed by atoms with Gasteiger partial charge in [0.05, 0.1) is 25.8 Å². The van der Waals surface area contributed by atoms with Gasteiger partial charge < -0.3 is 4.74 Å². The number of hydrogen-bond donors (Lipinski definition) is 0. The summed E-state index contributed by atoms with van der Waals surface area (Å²) in [4.78, 5) is 32.9. The number of thiophene rings is 1. The van der Waals surface area contributed by atoms with Crippen molar-refractivity contribution in [2.75, 3.05) is 0 Å². The SMILES string of the molecule is CC1=C(C(=O)OCc2ccccc2)C(c2cccs2)n2c(sc(=Cc3ccc(Cl)c(Cl)c3)c2=O)=N1. The van der Waals surface area contributed by atoms with Crippen LogP contribution in [0.1, 0.15) is 29.0 Å². The molecule has 176 valence electrons. The van der Waals surface area contributed by atoms with Crippen molar-refractivity contribution in [2.45, 2.75) is 19.6 Å². The Morgan fingerprint density at radius 3 is 2.63 bits per heavy atom. The van der Waals surface area contributed by atoms with Crippen molar-refractivity contribution in [1.82, 2.24) is 4.57 Å². The summed E-state index contributed by atoms with van der Waals surface area (Å²) in [7, 11) is 0. The van der Waals surface area contributed by atoms with Gasteiger partial charge >= 0.3 is 5.97 Å². The fraction of sp³-hybridized carbons (Fsp3) is 0.115. The van der Waals surface area contributed by atoms with Crippen LogP contribution in [0.15, 0.2) is 87.1 Å². The van der Waals surface area contributed by atoms with Crippen molar-refractivity contribution >= 4 is 57.9 Å². The minimum absolute atomic E-state index is 0.134. The van der Waals surface area contributed by atoms with Crippen LogP contribution in [0.3, 0.4) is 0 Å². The molecule has 0 saturated heterocycles. The fourth-order valence-electron chi connectivity index (χ4n) is 3.85. The molecule has 0 spiro atoms. The maximum atomic E-state index is 13.6. The molecule has 0 fully saturated rings. The number of allylic oxidation sites excluding steroid dienone is 1. The number of rotatable bonds is 5. The van der Waals surface area contributed by atoms with Crippen LogP contribution in [-0.4, -0.2) is 10.5 Å². The largest absolute Gasteiger partial charge is 0.457 e. The second kappa shape index (κ2) is 9.95. The normalized spacial score (nSPS) is 15.6. The van der Waals surface area contributed by atoms with E-state index in [0.29, 0.717) is 30.6 Å². The fourth-order valence-corrected chi connectivity index (χ4v) is 6.03. The van der Waals surface area contributed by atoms with Crippen LogP contribution < -0.4 is 14.9 Å². The summed E-state index contributed by atoms with van der Waals surface area (Å²) in [5, 5.41) is 2.77. The molecular weight excluding hydrogens is 523 g/mol. The monoisotopic (exact) mass is 540 g/mol. The molecule has 5 nitrogen and oxygen atoms in total. The molecule has 35 heavy (non-hydrogen) atoms. The summed E-state index contributed by atoms with van der Waals surface area (Å²) < 4.78 is 7.71. The van der Waals surface area contributed by atoms with Crippen LogP contribution in [0.4, 0.5) is 0 Å². The van der Waals surface area contributed by atoms with E-state index in [1.807, 2.05) is 47.8 Å². The Hall–Kier alpha value is -2.97. The van der Waals surface area contributed by atoms with E-state index in [1.54, 1.807) is 35.8 Å². The second-order valence-electron chi connectivity index (χ2n) is 7.83. The lowest BCUT2D eigenvalue weighted by Crippen LogP contribution is -2.39. The zero-order chi connectivity index (χ0) is 24.5. The molecule has 2 aromatic carbocycles. The lowest BCUT2D eigenvalue weighted by molar-refractivity contribution is -0.140. The molecule has 9 heteroatoms. The van der Waals surface area contributed by atoms with E-state index in [0.717, 1.165) is 16.0 Å². The predicted molar refractivity (Wildman–Crippen MR) is 141 cm³/mol. The summed E-state index contributed by atoms with van der Waals surface area (Å²) in [6.45, 7) is 1.91. The molecule has 0 saturated carbocycles. The average molecular weight is 541 g/mol. The van der Waals surface area contributed by atoms with Crippen LogP contribution >= 0.6 is 45.9 Å². The van der Waals surface area contributed by atoms with Gasteiger partial charge in [0, 0.05) is 4.88 Å². The molecule has 3 heterocycles. The van der Waals surface area contributed by atoms with Crippen LogP contribution in [0.2, 0.25) is 10.0 Å². The van der Waals surface area contributed by atoms with E-state index in [9.17, 15) is 9.59 Å². The minimum atomic E-state index is -0.620. The van der Waals surface area contributed by atoms with Gasteiger partial charge in [-0.1, -0.05) is 77.0 Å². The Labute approximate surface area is 218 Å². The number of aromatic nitrogens is 1. The summed E-state index contributed by atoms with van der Waals surface area (Å²) in [6.07, 6.45) is 1.75. The van der Waals surface area contributed by atoms with Gasteiger partial charge in [0.2, 0.25) is 0 Å². The maximum absolute atomic E-state index is 13.6. The van der Waals surface area contributed by atoms with Crippen LogP contribution in [0.25, 0.3) is 6.08 Å². The number of thiazole rings is 1. The zero-order valence-electron chi connectivity index (χ0n) is 18.4. The number of nitrogens with zero attached hydrogens (tertiary/aromatic N) is 2. The van der Waals surface area contributed by atoms with Gasteiger partial charge in [0.1, 0.15) is 12.6 Å². The van der Waals surface area contributed by atoms with Gasteiger partial charge in [-0.05, 0) is 47.7 Å². The molecular formula is C26H18Cl2N2O3S2. The topological polar surface area (TPSA) is 60.7 Å². The predicted octanol–water partition coefficient (Wildman–Crippen LogP) is 5.35. The first kappa shape index (κ1) is 23.8. The van der Waals surface area contributed by atoms with E-state index < -0.39 is 12.0 Å². The third-order valence-corrected chi connectivity index (χ3v) is 8.16. The molecule has 2 aromatic heterocycles. The molecule has 4 aromatic rings. The van der Waals surface area contributed by atoms with E-state index >= 15 is 0 Å². The average Bonchev–Trinajstić information content (AvgIpc) is 3.48. The van der Waals surface area contributed by atoms with Gasteiger partial charge in [0.25, 0.3) is 5.56 Å². The molecule has 1 aliphatic heterocycles. The van der Waals surface area contributed by atoms with Crippen LogP contribution in [-0.2, 0) is 16.1 Å². The highest BCUT2D eigenvalue weighted by Crippen LogP contribution is 2.33. The number of carbonyl (C=O) groups excluding carboxylic acids is 1. The molecule has 1 aliphatic rings. The highest BCUT2D eigenvalue weighted by Gasteiger charge is 2.34. The first-order chi connectivity index (χ1) is 16.9. The van der Waals surface area contributed by atoms with Crippen molar-refractivity contribution in [3.63, 3.8) is 0 Å². The molecule has 0 aliphatic carbocycles. The third kappa shape index (κ3) is 4.77. The Balaban J connectivity index is 1.58. The van der Waals surface area contributed by atoms with Gasteiger partial charge in [-0.15, -0.1) is 11.3 Å². The van der Waals surface area contributed by atoms with Gasteiger partial charge in [-0.25, -0.2) is 9.79 Å². The maximum Gasteiger partial charge on any atom is 0.338 e. The number of hydrogen-bond acceptors (Lipinski definition) is 6. The minimum Gasteiger partial charge on any atom is -0.457 e. The summed E-state index contributed by atoms with van der Waals surface area (Å²) >= 11 is 14.9. The molecule has 5 rings (SSSR count). The third-order valence-electron chi connectivity index (χ3n) is 5.51. The highest BCUT2D eigenvalue weighted by molar-refractivity contribution is 7.10. The lowest BCUT2D eigenvalue weighted by Gasteiger charge is -2.23. The van der Waals surface area contributed by atoms with E-state index in [-0.39, 0.29) is 12.2 Å². The highest BCUT2D eigenvalue weighted by atomic mass is 35.5. The van der Waals surface area contributed by atoms with Crippen molar-refractivity contribution in [3.05, 3.63) is 123 Å². The molecule has 0 N–H and O–H groups in total. The molecule has 1 unspecified atom stereocenters. The number of benzene rings is 2.